The van der Waals surface area contributed by atoms with Gasteiger partial charge < -0.3 is 10.6 Å². The van der Waals surface area contributed by atoms with E-state index in [-0.39, 0.29) is 0 Å². The van der Waals surface area contributed by atoms with Gasteiger partial charge in [0.05, 0.1) is 22.4 Å². The van der Waals surface area contributed by atoms with Crippen LogP contribution < -0.4 is 10.6 Å². The zero-order valence-corrected chi connectivity index (χ0v) is 20.2. The third-order valence-electron chi connectivity index (χ3n) is 6.02. The summed E-state index contributed by atoms with van der Waals surface area (Å²) in [5.74, 6) is 0. The van der Waals surface area contributed by atoms with Crippen molar-refractivity contribution in [1.82, 2.24) is 9.97 Å². The summed E-state index contributed by atoms with van der Waals surface area (Å²) in [4.78, 5) is 10.0. The van der Waals surface area contributed by atoms with Gasteiger partial charge in [-0.1, -0.05) is 91.0 Å². The van der Waals surface area contributed by atoms with E-state index in [1.54, 1.807) is 0 Å². The van der Waals surface area contributed by atoms with E-state index in [4.69, 9.17) is 22.2 Å². The lowest BCUT2D eigenvalue weighted by molar-refractivity contribution is 1.29. The van der Waals surface area contributed by atoms with Gasteiger partial charge in [-0.25, -0.2) is 9.97 Å². The molecule has 0 atom stereocenters. The van der Waals surface area contributed by atoms with Gasteiger partial charge in [-0.15, -0.1) is 0 Å². The molecule has 0 amide bonds. The molecule has 1 heterocycles. The van der Waals surface area contributed by atoms with Gasteiger partial charge in [-0.3, -0.25) is 0 Å². The van der Waals surface area contributed by atoms with Crippen LogP contribution in [-0.4, -0.2) is 15.1 Å². The summed E-state index contributed by atoms with van der Waals surface area (Å²) in [6.45, 7) is 0. The largest absolute Gasteiger partial charge is 0.332 e. The van der Waals surface area contributed by atoms with Gasteiger partial charge in [0.25, 0.3) is 0 Å². The second-order valence-corrected chi connectivity index (χ2v) is 8.91. The summed E-state index contributed by atoms with van der Waals surface area (Å²) in [7, 11) is 0. The van der Waals surface area contributed by atoms with Gasteiger partial charge in [0.1, 0.15) is 0 Å². The molecule has 0 radical (unpaired) electrons. The molecule has 0 saturated heterocycles. The third kappa shape index (κ3) is 4.52. The lowest BCUT2D eigenvalue weighted by Gasteiger charge is -2.13. The van der Waals surface area contributed by atoms with Crippen LogP contribution in [0.25, 0.3) is 44.3 Å². The predicted octanol–water partition coefficient (Wildman–Crippen LogP) is 7.93. The molecule has 5 aromatic carbocycles. The maximum atomic E-state index is 5.59. The predicted molar refractivity (Wildman–Crippen MR) is 154 cm³/mol. The number of fused-ring (bicyclic) bond motifs is 2. The number of nitrogens with one attached hydrogen (secondary N) is 2. The van der Waals surface area contributed by atoms with Crippen LogP contribution in [-0.2, 0) is 0 Å². The van der Waals surface area contributed by atoms with E-state index in [9.17, 15) is 0 Å². The highest BCUT2D eigenvalue weighted by Crippen LogP contribution is 2.31. The molecule has 36 heavy (non-hydrogen) atoms. The maximum Gasteiger partial charge on any atom is 0.175 e. The number of thiocarbonyl (C=S) groups is 1. The van der Waals surface area contributed by atoms with Gasteiger partial charge in [0.2, 0.25) is 0 Å². The molecule has 0 fully saturated rings. The molecule has 5 heteroatoms. The fraction of sp³-hybridized carbons (Fsp3) is 0. The normalized spacial score (nSPS) is 10.9. The quantitative estimate of drug-likeness (QED) is 0.250. The van der Waals surface area contributed by atoms with Crippen molar-refractivity contribution in [2.75, 3.05) is 10.6 Å². The molecule has 0 aliphatic carbocycles. The summed E-state index contributed by atoms with van der Waals surface area (Å²) in [6.07, 6.45) is 0. The van der Waals surface area contributed by atoms with E-state index in [0.717, 1.165) is 50.3 Å². The number of benzene rings is 5. The zero-order chi connectivity index (χ0) is 24.3. The molecule has 6 rings (SSSR count). The minimum Gasteiger partial charge on any atom is -0.332 e. The van der Waals surface area contributed by atoms with Gasteiger partial charge in [-0.2, -0.15) is 0 Å². The molecular weight excluding hydrogens is 460 g/mol. The monoisotopic (exact) mass is 482 g/mol. The van der Waals surface area contributed by atoms with Crippen LogP contribution >= 0.6 is 12.2 Å². The Bertz CT molecular complexity index is 1700. The highest BCUT2D eigenvalue weighted by atomic mass is 32.1. The van der Waals surface area contributed by atoms with E-state index < -0.39 is 0 Å². The second kappa shape index (κ2) is 9.56. The first kappa shape index (κ1) is 21.9. The Labute approximate surface area is 214 Å². The van der Waals surface area contributed by atoms with Crippen LogP contribution in [0.15, 0.2) is 121 Å². The van der Waals surface area contributed by atoms with Crippen LogP contribution in [0.2, 0.25) is 0 Å². The summed E-state index contributed by atoms with van der Waals surface area (Å²) in [5.41, 5.74) is 7.19. The minimum absolute atomic E-state index is 0.516. The highest BCUT2D eigenvalue weighted by molar-refractivity contribution is 7.80. The van der Waals surface area contributed by atoms with Crippen LogP contribution in [0.4, 0.5) is 11.4 Å². The molecule has 6 aromatic rings. The van der Waals surface area contributed by atoms with Crippen molar-refractivity contribution in [3.05, 3.63) is 121 Å². The van der Waals surface area contributed by atoms with Gasteiger partial charge in [-0.05, 0) is 53.3 Å². The fourth-order valence-electron chi connectivity index (χ4n) is 4.29. The number of aromatic nitrogens is 2. The van der Waals surface area contributed by atoms with E-state index in [0.29, 0.717) is 5.11 Å². The van der Waals surface area contributed by atoms with Crippen molar-refractivity contribution in [2.45, 2.75) is 0 Å². The van der Waals surface area contributed by atoms with Gasteiger partial charge >= 0.3 is 0 Å². The minimum atomic E-state index is 0.516. The zero-order valence-electron chi connectivity index (χ0n) is 19.3. The first-order chi connectivity index (χ1) is 17.7. The lowest BCUT2D eigenvalue weighted by atomic mass is 10.0. The second-order valence-electron chi connectivity index (χ2n) is 8.50. The molecule has 172 valence electrons. The number of nitrogens with zero attached hydrogens (tertiary/aromatic N) is 2. The third-order valence-corrected chi connectivity index (χ3v) is 6.23. The number of anilines is 2. The average Bonchev–Trinajstić information content (AvgIpc) is 2.93. The molecule has 0 aliphatic rings. The Balaban J connectivity index is 1.32. The Morgan fingerprint density at radius 1 is 0.500 bits per heavy atom. The molecule has 0 saturated carbocycles. The Hall–Kier alpha value is -4.61. The van der Waals surface area contributed by atoms with Crippen molar-refractivity contribution in [2.24, 2.45) is 0 Å². The molecular formula is C31H22N4S. The molecule has 0 unspecified atom stereocenters. The van der Waals surface area contributed by atoms with Crippen LogP contribution in [0.5, 0.6) is 0 Å². The SMILES string of the molecule is S=C(Nc1ccc2ccccc2c1)Nc1ccc2nc(-c3ccccc3)c(-c3ccccc3)nc2c1. The Morgan fingerprint density at radius 3 is 1.69 bits per heavy atom. The van der Waals surface area contributed by atoms with Gasteiger partial charge in [0, 0.05) is 22.5 Å². The smallest absolute Gasteiger partial charge is 0.175 e. The Morgan fingerprint density at radius 2 is 1.03 bits per heavy atom. The highest BCUT2D eigenvalue weighted by Gasteiger charge is 2.13. The Kier molecular flexibility index (Phi) is 5.82. The first-order valence-corrected chi connectivity index (χ1v) is 12.1. The summed E-state index contributed by atoms with van der Waals surface area (Å²) in [5, 5.41) is 9.44. The maximum absolute atomic E-state index is 5.59. The standard InChI is InChI=1S/C31H22N4S/c36-31(32-25-16-15-21-9-7-8-14-24(21)19-25)33-26-17-18-27-28(20-26)35-30(23-12-5-2-6-13-23)29(34-27)22-10-3-1-4-11-22/h1-20H,(H2,32,33,36). The van der Waals surface area contributed by atoms with Crippen molar-refractivity contribution >= 4 is 50.5 Å². The van der Waals surface area contributed by atoms with Crippen molar-refractivity contribution in [1.29, 1.82) is 0 Å². The van der Waals surface area contributed by atoms with E-state index >= 15 is 0 Å². The average molecular weight is 483 g/mol. The van der Waals surface area contributed by atoms with E-state index in [1.165, 1.54) is 5.39 Å². The van der Waals surface area contributed by atoms with Crippen molar-refractivity contribution in [3.8, 4) is 22.5 Å². The van der Waals surface area contributed by atoms with E-state index in [2.05, 4.69) is 59.2 Å². The fourth-order valence-corrected chi connectivity index (χ4v) is 4.52. The molecule has 2 N–H and O–H groups in total. The summed E-state index contributed by atoms with van der Waals surface area (Å²) >= 11 is 5.59. The lowest BCUT2D eigenvalue weighted by Crippen LogP contribution is -2.19. The summed E-state index contributed by atoms with van der Waals surface area (Å²) < 4.78 is 0. The molecule has 0 aliphatic heterocycles. The molecule has 1 aromatic heterocycles. The van der Waals surface area contributed by atoms with E-state index in [1.807, 2.05) is 72.8 Å². The molecule has 0 spiro atoms. The molecule has 0 bridgehead atoms. The van der Waals surface area contributed by atoms with Crippen molar-refractivity contribution in [3.63, 3.8) is 0 Å². The summed E-state index contributed by atoms with van der Waals surface area (Å²) in [6, 6.07) is 40.7. The van der Waals surface area contributed by atoms with Crippen LogP contribution in [0.3, 0.4) is 0 Å². The number of hydrogen-bond acceptors (Lipinski definition) is 3. The van der Waals surface area contributed by atoms with Crippen LogP contribution in [0, 0.1) is 0 Å². The first-order valence-electron chi connectivity index (χ1n) is 11.7. The molecule has 4 nitrogen and oxygen atoms in total. The number of hydrogen-bond donors (Lipinski definition) is 2. The van der Waals surface area contributed by atoms with Crippen LogP contribution in [0.1, 0.15) is 0 Å². The number of rotatable bonds is 4. The van der Waals surface area contributed by atoms with Gasteiger partial charge in [0.15, 0.2) is 5.11 Å². The van der Waals surface area contributed by atoms with Crippen molar-refractivity contribution < 1.29 is 0 Å². The topological polar surface area (TPSA) is 49.8 Å².